The molecule has 0 saturated carbocycles. The second-order valence-corrected chi connectivity index (χ2v) is 9.31. The van der Waals surface area contributed by atoms with Crippen LogP contribution in [0, 0.1) is 25.1 Å². The van der Waals surface area contributed by atoms with Crippen molar-refractivity contribution in [2.75, 3.05) is 18.1 Å². The number of rotatable bonds is 4. The van der Waals surface area contributed by atoms with Crippen molar-refractivity contribution in [3.8, 4) is 12.3 Å². The summed E-state index contributed by atoms with van der Waals surface area (Å²) in [4.78, 5) is -0.0616. The number of terminal acetylenes is 1. The van der Waals surface area contributed by atoms with E-state index in [0.717, 1.165) is 16.4 Å². The highest BCUT2D eigenvalue weighted by atomic mass is 32.2. The third-order valence-electron chi connectivity index (χ3n) is 3.59. The van der Waals surface area contributed by atoms with Crippen molar-refractivity contribution in [3.63, 3.8) is 0 Å². The van der Waals surface area contributed by atoms with Crippen LogP contribution in [0.5, 0.6) is 0 Å². The van der Waals surface area contributed by atoms with E-state index in [2.05, 4.69) is 5.92 Å². The van der Waals surface area contributed by atoms with Crippen molar-refractivity contribution in [2.24, 2.45) is 0 Å². The number of halogens is 1. The Bertz CT molecular complexity index is 825. The van der Waals surface area contributed by atoms with Gasteiger partial charge in [0.2, 0.25) is 10.0 Å². The molecular formula is C14H16FNO4S2. The molecule has 0 aliphatic carbocycles. The molecule has 0 N–H and O–H groups in total. The first-order valence-electron chi connectivity index (χ1n) is 6.59. The second kappa shape index (κ2) is 5.99. The minimum absolute atomic E-state index is 0.0589. The Kier molecular flexibility index (Phi) is 4.61. The topological polar surface area (TPSA) is 71.5 Å². The fourth-order valence-electron chi connectivity index (χ4n) is 2.53. The summed E-state index contributed by atoms with van der Waals surface area (Å²) in [6.07, 6.45) is 5.45. The van der Waals surface area contributed by atoms with Gasteiger partial charge in [-0.2, -0.15) is 4.31 Å². The van der Waals surface area contributed by atoms with Crippen molar-refractivity contribution < 1.29 is 21.2 Å². The molecule has 5 nitrogen and oxygen atoms in total. The van der Waals surface area contributed by atoms with Gasteiger partial charge in [-0.3, -0.25) is 0 Å². The van der Waals surface area contributed by atoms with E-state index >= 15 is 0 Å². The summed E-state index contributed by atoms with van der Waals surface area (Å²) in [6, 6.07) is 2.66. The molecule has 22 heavy (non-hydrogen) atoms. The van der Waals surface area contributed by atoms with Crippen molar-refractivity contribution in [2.45, 2.75) is 24.3 Å². The number of benzene rings is 1. The lowest BCUT2D eigenvalue weighted by Crippen LogP contribution is -2.41. The lowest BCUT2D eigenvalue weighted by molar-refractivity contribution is 0.371. The van der Waals surface area contributed by atoms with Crippen molar-refractivity contribution >= 4 is 19.9 Å². The van der Waals surface area contributed by atoms with Gasteiger partial charge in [0.05, 0.1) is 22.9 Å². The molecule has 0 aromatic heterocycles. The van der Waals surface area contributed by atoms with E-state index in [1.807, 2.05) is 0 Å². The highest BCUT2D eigenvalue weighted by molar-refractivity contribution is 7.92. The molecule has 1 fully saturated rings. The number of hydrogen-bond acceptors (Lipinski definition) is 4. The summed E-state index contributed by atoms with van der Waals surface area (Å²) in [5, 5.41) is 0. The lowest BCUT2D eigenvalue weighted by atomic mass is 10.2. The predicted molar refractivity (Wildman–Crippen MR) is 80.9 cm³/mol. The lowest BCUT2D eigenvalue weighted by Gasteiger charge is -2.26. The fraction of sp³-hybridized carbons (Fsp3) is 0.429. The maximum atomic E-state index is 13.2. The zero-order valence-corrected chi connectivity index (χ0v) is 13.6. The van der Waals surface area contributed by atoms with Gasteiger partial charge in [0.15, 0.2) is 9.84 Å². The molecule has 1 aliphatic rings. The van der Waals surface area contributed by atoms with Crippen LogP contribution in [0.2, 0.25) is 0 Å². The summed E-state index contributed by atoms with van der Waals surface area (Å²) in [7, 11) is -7.24. The Labute approximate surface area is 130 Å². The van der Waals surface area contributed by atoms with E-state index in [1.165, 1.54) is 13.0 Å². The molecule has 0 radical (unpaired) electrons. The Morgan fingerprint density at radius 1 is 1.45 bits per heavy atom. The molecule has 0 amide bonds. The molecule has 2 rings (SSSR count). The highest BCUT2D eigenvalue weighted by Crippen LogP contribution is 2.26. The van der Waals surface area contributed by atoms with Gasteiger partial charge in [-0.05, 0) is 37.1 Å². The third-order valence-corrected chi connectivity index (χ3v) is 7.40. The van der Waals surface area contributed by atoms with Crippen LogP contribution in [0.4, 0.5) is 4.39 Å². The maximum absolute atomic E-state index is 13.2. The Morgan fingerprint density at radius 3 is 2.64 bits per heavy atom. The number of hydrogen-bond donors (Lipinski definition) is 0. The molecule has 1 heterocycles. The molecule has 0 bridgehead atoms. The van der Waals surface area contributed by atoms with Gasteiger partial charge in [-0.15, -0.1) is 6.42 Å². The molecule has 1 unspecified atom stereocenters. The van der Waals surface area contributed by atoms with Gasteiger partial charge < -0.3 is 0 Å². The van der Waals surface area contributed by atoms with Gasteiger partial charge >= 0.3 is 0 Å². The molecule has 1 aromatic rings. The van der Waals surface area contributed by atoms with E-state index < -0.39 is 31.7 Å². The first kappa shape index (κ1) is 16.9. The molecule has 120 valence electrons. The minimum atomic E-state index is -3.98. The SMILES string of the molecule is C#CCN(C1CCS(=O)(=O)C1)S(=O)(=O)c1ccc(F)cc1C. The van der Waals surface area contributed by atoms with Crippen LogP contribution >= 0.6 is 0 Å². The Balaban J connectivity index is 2.45. The number of nitrogens with zero attached hydrogens (tertiary/aromatic N) is 1. The van der Waals surface area contributed by atoms with Crippen LogP contribution in [0.15, 0.2) is 23.1 Å². The first-order chi connectivity index (χ1) is 10.2. The Morgan fingerprint density at radius 2 is 2.14 bits per heavy atom. The van der Waals surface area contributed by atoms with Crippen LogP contribution in [0.1, 0.15) is 12.0 Å². The van der Waals surface area contributed by atoms with Crippen molar-refractivity contribution in [1.29, 1.82) is 0 Å². The summed E-state index contributed by atoms with van der Waals surface area (Å²) in [5.74, 6) is 1.42. The quantitative estimate of drug-likeness (QED) is 0.762. The molecule has 1 aliphatic heterocycles. The minimum Gasteiger partial charge on any atom is -0.229 e. The normalized spacial score (nSPS) is 20.9. The van der Waals surface area contributed by atoms with Crippen LogP contribution in [0.3, 0.4) is 0 Å². The number of aryl methyl sites for hydroxylation is 1. The number of sulfone groups is 1. The Hall–Kier alpha value is -1.43. The van der Waals surface area contributed by atoms with E-state index in [4.69, 9.17) is 6.42 Å². The van der Waals surface area contributed by atoms with Gasteiger partial charge in [0.25, 0.3) is 0 Å². The average Bonchev–Trinajstić information content (AvgIpc) is 2.75. The number of sulfonamides is 1. The van der Waals surface area contributed by atoms with Crippen LogP contribution in [-0.2, 0) is 19.9 Å². The zero-order chi connectivity index (χ0) is 16.5. The summed E-state index contributed by atoms with van der Waals surface area (Å²) < 4.78 is 62.9. The van der Waals surface area contributed by atoms with Gasteiger partial charge in [0.1, 0.15) is 5.82 Å². The maximum Gasteiger partial charge on any atom is 0.244 e. The summed E-state index contributed by atoms with van der Waals surface area (Å²) in [5.41, 5.74) is 0.253. The van der Waals surface area contributed by atoms with Gasteiger partial charge in [0, 0.05) is 6.04 Å². The average molecular weight is 345 g/mol. The first-order valence-corrected chi connectivity index (χ1v) is 9.85. The summed E-state index contributed by atoms with van der Waals surface area (Å²) in [6.45, 7) is 1.26. The zero-order valence-electron chi connectivity index (χ0n) is 12.0. The highest BCUT2D eigenvalue weighted by Gasteiger charge is 2.38. The van der Waals surface area contributed by atoms with Crippen molar-refractivity contribution in [3.05, 3.63) is 29.6 Å². The smallest absolute Gasteiger partial charge is 0.229 e. The van der Waals surface area contributed by atoms with Crippen LogP contribution in [0.25, 0.3) is 0 Å². The molecule has 0 spiro atoms. The van der Waals surface area contributed by atoms with Gasteiger partial charge in [-0.1, -0.05) is 5.92 Å². The molecule has 1 aromatic carbocycles. The van der Waals surface area contributed by atoms with Crippen LogP contribution in [-0.4, -0.2) is 45.2 Å². The summed E-state index contributed by atoms with van der Waals surface area (Å²) >= 11 is 0. The van der Waals surface area contributed by atoms with Gasteiger partial charge in [-0.25, -0.2) is 21.2 Å². The fourth-order valence-corrected chi connectivity index (χ4v) is 6.13. The monoisotopic (exact) mass is 345 g/mol. The third kappa shape index (κ3) is 3.32. The molecule has 8 heteroatoms. The standard InChI is InChI=1S/C14H16FNO4S2/c1-3-7-16(13-6-8-21(17,18)10-13)22(19,20)14-5-4-12(15)9-11(14)2/h1,4-5,9,13H,6-8,10H2,2H3. The second-order valence-electron chi connectivity index (χ2n) is 5.22. The predicted octanol–water partition coefficient (Wildman–Crippen LogP) is 0.945. The van der Waals surface area contributed by atoms with Crippen molar-refractivity contribution in [1.82, 2.24) is 4.31 Å². The molecule has 1 saturated heterocycles. The van der Waals surface area contributed by atoms with E-state index in [9.17, 15) is 21.2 Å². The van der Waals surface area contributed by atoms with E-state index in [1.54, 1.807) is 0 Å². The van der Waals surface area contributed by atoms with E-state index in [-0.39, 0.29) is 34.9 Å². The molecule has 1 atom stereocenters. The largest absolute Gasteiger partial charge is 0.244 e. The van der Waals surface area contributed by atoms with E-state index in [0.29, 0.717) is 0 Å². The molecular weight excluding hydrogens is 329 g/mol. The van der Waals surface area contributed by atoms with Crippen LogP contribution < -0.4 is 0 Å².